The van der Waals surface area contributed by atoms with Crippen LogP contribution in [0.5, 0.6) is 5.75 Å². The van der Waals surface area contributed by atoms with Gasteiger partial charge in [-0.3, -0.25) is 9.10 Å². The molecule has 0 spiro atoms. The molecule has 1 N–H and O–H groups in total. The monoisotopic (exact) mass is 631 g/mol. The zero-order valence-electron chi connectivity index (χ0n) is 21.6. The van der Waals surface area contributed by atoms with Crippen molar-refractivity contribution in [3.63, 3.8) is 0 Å². The van der Waals surface area contributed by atoms with Crippen LogP contribution in [-0.2, 0) is 25.7 Å². The Morgan fingerprint density at radius 2 is 1.79 bits per heavy atom. The van der Waals surface area contributed by atoms with Crippen molar-refractivity contribution >= 4 is 33.3 Å². The number of fused-ring (bicyclic) bond motifs is 1. The average molecular weight is 632 g/mol. The fourth-order valence-corrected chi connectivity index (χ4v) is 6.99. The van der Waals surface area contributed by atoms with Crippen molar-refractivity contribution in [2.75, 3.05) is 24.1 Å². The van der Waals surface area contributed by atoms with Crippen LogP contribution in [0.4, 0.5) is 27.6 Å². The third kappa shape index (κ3) is 5.64. The van der Waals surface area contributed by atoms with Crippen LogP contribution in [0.1, 0.15) is 24.8 Å². The highest BCUT2D eigenvalue weighted by molar-refractivity contribution is 7.92. The number of halogens is 6. The lowest BCUT2D eigenvalue weighted by molar-refractivity contribution is -0.157. The maximum absolute atomic E-state index is 14.7. The fraction of sp³-hybridized carbons (Fsp3) is 0.321. The molecule has 0 radical (unpaired) electrons. The van der Waals surface area contributed by atoms with E-state index in [1.54, 1.807) is 0 Å². The summed E-state index contributed by atoms with van der Waals surface area (Å²) in [5.74, 6) is -3.64. The molecule has 0 aromatic heterocycles. The summed E-state index contributed by atoms with van der Waals surface area (Å²) in [6, 6.07) is 8.93. The molecule has 2 heterocycles. The van der Waals surface area contributed by atoms with Gasteiger partial charge in [0.1, 0.15) is 11.9 Å². The van der Waals surface area contributed by atoms with Gasteiger partial charge in [-0.05, 0) is 60.9 Å². The Bertz CT molecular complexity index is 1640. The largest absolute Gasteiger partial charge is 0.486 e. The summed E-state index contributed by atoms with van der Waals surface area (Å²) < 4.78 is 109. The number of hydrogen-bond acceptors (Lipinski definition) is 5. The molecule has 3 aromatic carbocycles. The number of rotatable bonds is 6. The number of benzene rings is 3. The van der Waals surface area contributed by atoms with Crippen molar-refractivity contribution in [3.8, 4) is 16.9 Å². The molecule has 1 unspecified atom stereocenters. The minimum atomic E-state index is -4.82. The number of anilines is 1. The Hall–Kier alpha value is -3.42. The number of carboxylic acid groups (broad SMARTS) is 1. The van der Waals surface area contributed by atoms with E-state index in [1.165, 1.54) is 18.2 Å². The quantitative estimate of drug-likeness (QED) is 0.246. The van der Waals surface area contributed by atoms with Crippen LogP contribution in [0, 0.1) is 17.0 Å². The maximum atomic E-state index is 14.7. The van der Waals surface area contributed by atoms with Gasteiger partial charge in [0, 0.05) is 30.2 Å². The topological polar surface area (TPSA) is 93.1 Å². The van der Waals surface area contributed by atoms with E-state index in [4.69, 9.17) is 21.1 Å². The first-order chi connectivity index (χ1) is 19.7. The van der Waals surface area contributed by atoms with Crippen LogP contribution in [-0.4, -0.2) is 45.4 Å². The molecule has 0 amide bonds. The minimum absolute atomic E-state index is 0.0189. The average Bonchev–Trinajstić information content (AvgIpc) is 2.94. The number of carboxylic acids is 1. The molecule has 2 aliphatic rings. The number of carbonyl (C=O) groups is 1. The number of nitrogens with zero attached hydrogens (tertiary/aromatic N) is 1. The SMILES string of the molecule is O=C(O)C1(CC2CN(S(=O)(=O)c3cccc(C(F)(F)F)c3)c3cc(-c4cc(Cl)cc(F)c4F)ccc3O2)CCOCC1. The molecule has 0 saturated carbocycles. The van der Waals surface area contributed by atoms with Gasteiger partial charge in [0.05, 0.1) is 28.1 Å². The van der Waals surface area contributed by atoms with E-state index in [0.717, 1.165) is 34.6 Å². The minimum Gasteiger partial charge on any atom is -0.486 e. The smallest absolute Gasteiger partial charge is 0.416 e. The van der Waals surface area contributed by atoms with E-state index in [0.29, 0.717) is 6.07 Å². The van der Waals surface area contributed by atoms with Crippen molar-refractivity contribution in [2.24, 2.45) is 5.41 Å². The Balaban J connectivity index is 1.63. The Labute approximate surface area is 242 Å². The maximum Gasteiger partial charge on any atom is 0.416 e. The Morgan fingerprint density at radius 3 is 2.45 bits per heavy atom. The van der Waals surface area contributed by atoms with Gasteiger partial charge in [-0.15, -0.1) is 0 Å². The second-order valence-corrected chi connectivity index (χ2v) is 12.4. The molecule has 1 atom stereocenters. The van der Waals surface area contributed by atoms with Crippen molar-refractivity contribution in [3.05, 3.63) is 76.8 Å². The molecule has 1 fully saturated rings. The van der Waals surface area contributed by atoms with Gasteiger partial charge >= 0.3 is 12.1 Å². The van der Waals surface area contributed by atoms with E-state index < -0.39 is 62.3 Å². The van der Waals surface area contributed by atoms with Gasteiger partial charge in [-0.1, -0.05) is 23.7 Å². The van der Waals surface area contributed by atoms with Crippen LogP contribution in [0.2, 0.25) is 5.02 Å². The van der Waals surface area contributed by atoms with Crippen LogP contribution in [0.3, 0.4) is 0 Å². The number of hydrogen-bond donors (Lipinski definition) is 1. The van der Waals surface area contributed by atoms with Crippen molar-refractivity contribution < 1.29 is 49.7 Å². The Morgan fingerprint density at radius 1 is 1.07 bits per heavy atom. The summed E-state index contributed by atoms with van der Waals surface area (Å²) in [6.45, 7) is -0.114. The molecule has 2 aliphatic heterocycles. The number of aliphatic carboxylic acids is 1. The Kier molecular flexibility index (Phi) is 7.88. The lowest BCUT2D eigenvalue weighted by Crippen LogP contribution is -2.48. The second kappa shape index (κ2) is 11.0. The van der Waals surface area contributed by atoms with E-state index in [1.807, 2.05) is 0 Å². The highest BCUT2D eigenvalue weighted by Crippen LogP contribution is 2.45. The van der Waals surface area contributed by atoms with E-state index in [9.17, 15) is 40.3 Å². The molecular formula is C28H23ClF5NO6S. The molecule has 224 valence electrons. The first-order valence-corrected chi connectivity index (χ1v) is 14.5. The lowest BCUT2D eigenvalue weighted by atomic mass is 9.75. The van der Waals surface area contributed by atoms with E-state index >= 15 is 0 Å². The summed E-state index contributed by atoms with van der Waals surface area (Å²) in [5.41, 5.74) is -2.89. The van der Waals surface area contributed by atoms with Gasteiger partial charge in [0.2, 0.25) is 0 Å². The number of sulfonamides is 1. The molecule has 42 heavy (non-hydrogen) atoms. The number of ether oxygens (including phenoxy) is 2. The first kappa shape index (κ1) is 30.1. The normalized spacial score (nSPS) is 18.7. The zero-order valence-corrected chi connectivity index (χ0v) is 23.2. The molecule has 5 rings (SSSR count). The van der Waals surface area contributed by atoms with Gasteiger partial charge < -0.3 is 14.6 Å². The molecule has 0 bridgehead atoms. The second-order valence-electron chi connectivity index (χ2n) is 10.1. The highest BCUT2D eigenvalue weighted by atomic mass is 35.5. The third-order valence-electron chi connectivity index (χ3n) is 7.47. The summed E-state index contributed by atoms with van der Waals surface area (Å²) >= 11 is 5.91. The predicted octanol–water partition coefficient (Wildman–Crippen LogP) is 6.53. The van der Waals surface area contributed by atoms with Crippen LogP contribution in [0.15, 0.2) is 59.5 Å². The van der Waals surface area contributed by atoms with Crippen molar-refractivity contribution in [1.82, 2.24) is 0 Å². The van der Waals surface area contributed by atoms with Gasteiger partial charge in [-0.25, -0.2) is 17.2 Å². The standard InChI is InChI=1S/C28H23ClF5NO6S/c29-18-12-21(25(31)22(30)13-18)16-4-5-24-23(10-16)35(42(38,39)20-3-1-2-17(11-20)28(32,33)34)15-19(41-24)14-27(26(36)37)6-8-40-9-7-27/h1-5,10-13,19H,6-9,14-15H2,(H,36,37). The third-order valence-corrected chi connectivity index (χ3v) is 9.46. The van der Waals surface area contributed by atoms with Crippen LogP contribution >= 0.6 is 11.6 Å². The lowest BCUT2D eigenvalue weighted by Gasteiger charge is -2.40. The highest BCUT2D eigenvalue weighted by Gasteiger charge is 2.45. The van der Waals surface area contributed by atoms with Crippen molar-refractivity contribution in [2.45, 2.75) is 36.4 Å². The molecule has 0 aliphatic carbocycles. The molecule has 3 aromatic rings. The van der Waals surface area contributed by atoms with E-state index in [-0.39, 0.29) is 60.1 Å². The molecule has 1 saturated heterocycles. The zero-order chi connectivity index (χ0) is 30.4. The summed E-state index contributed by atoms with van der Waals surface area (Å²) in [7, 11) is -4.71. The fourth-order valence-electron chi connectivity index (χ4n) is 5.24. The predicted molar refractivity (Wildman–Crippen MR) is 142 cm³/mol. The van der Waals surface area contributed by atoms with Crippen molar-refractivity contribution in [1.29, 1.82) is 0 Å². The summed E-state index contributed by atoms with van der Waals surface area (Å²) in [5, 5.41) is 9.91. The molecular weight excluding hydrogens is 609 g/mol. The van der Waals surface area contributed by atoms with Gasteiger partial charge in [-0.2, -0.15) is 13.2 Å². The molecule has 14 heteroatoms. The summed E-state index contributed by atoms with van der Waals surface area (Å²) in [4.78, 5) is 11.6. The van der Waals surface area contributed by atoms with E-state index in [2.05, 4.69) is 0 Å². The van der Waals surface area contributed by atoms with Gasteiger partial charge in [0.25, 0.3) is 10.0 Å². The number of alkyl halides is 3. The molecule has 7 nitrogen and oxygen atoms in total. The van der Waals surface area contributed by atoms with Gasteiger partial charge in [0.15, 0.2) is 11.6 Å². The first-order valence-electron chi connectivity index (χ1n) is 12.7. The van der Waals surface area contributed by atoms with Crippen LogP contribution in [0.25, 0.3) is 11.1 Å². The van der Waals surface area contributed by atoms with Crippen LogP contribution < -0.4 is 9.04 Å². The summed E-state index contributed by atoms with van der Waals surface area (Å²) in [6.07, 6.45) is -5.66.